The molecule has 12 heteroatoms. The van der Waals surface area contributed by atoms with Gasteiger partial charge >= 0.3 is 0 Å². The molecule has 1 fully saturated rings. The molecule has 1 aliphatic heterocycles. The van der Waals surface area contributed by atoms with Gasteiger partial charge in [-0.25, -0.2) is 22.2 Å². The molecule has 2 bridgehead atoms. The Bertz CT molecular complexity index is 1670. The molecule has 3 aliphatic rings. The molecule has 40 heavy (non-hydrogen) atoms. The van der Waals surface area contributed by atoms with Crippen molar-refractivity contribution < 1.29 is 17.2 Å². The van der Waals surface area contributed by atoms with Crippen molar-refractivity contribution in [2.45, 2.75) is 63.4 Å². The van der Waals surface area contributed by atoms with Gasteiger partial charge in [-0.2, -0.15) is 9.82 Å². The van der Waals surface area contributed by atoms with Crippen molar-refractivity contribution in [1.82, 2.24) is 30.2 Å². The summed E-state index contributed by atoms with van der Waals surface area (Å²) >= 11 is 0. The van der Waals surface area contributed by atoms with Crippen LogP contribution in [0, 0.1) is 17.0 Å². The third-order valence-electron chi connectivity index (χ3n) is 8.62. The van der Waals surface area contributed by atoms with Gasteiger partial charge in [-0.3, -0.25) is 9.98 Å². The molecular weight excluding hydrogens is 536 g/mol. The minimum atomic E-state index is -3.51. The topological polar surface area (TPSA) is 122 Å². The largest absolute Gasteiger partial charge is 0.356 e. The molecule has 6 rings (SSSR count). The van der Waals surface area contributed by atoms with Gasteiger partial charge in [-0.05, 0) is 61.8 Å². The van der Waals surface area contributed by atoms with Crippen LogP contribution >= 0.6 is 0 Å². The first-order chi connectivity index (χ1) is 19.0. The maximum Gasteiger partial charge on any atom is 0.217 e. The number of rotatable bonds is 6. The third kappa shape index (κ3) is 3.87. The quantitative estimate of drug-likeness (QED) is 0.463. The molecule has 2 N–H and O–H groups in total. The van der Waals surface area contributed by atoms with E-state index in [1.165, 1.54) is 18.2 Å². The Morgan fingerprint density at radius 2 is 1.85 bits per heavy atom. The lowest BCUT2D eigenvalue weighted by Crippen LogP contribution is -2.45. The normalized spacial score (nSPS) is 24.6. The molecule has 3 atom stereocenters. The minimum absolute atomic E-state index is 0.101. The van der Waals surface area contributed by atoms with Gasteiger partial charge in [0.2, 0.25) is 10.0 Å². The molecule has 3 aromatic rings. The lowest BCUT2D eigenvalue weighted by Gasteiger charge is -2.37. The first-order valence-electron chi connectivity index (χ1n) is 13.1. The summed E-state index contributed by atoms with van der Waals surface area (Å²) < 4.78 is 56.0. The van der Waals surface area contributed by atoms with Gasteiger partial charge in [0.15, 0.2) is 6.29 Å². The summed E-state index contributed by atoms with van der Waals surface area (Å²) in [5.74, 6) is -1.26. The fraction of sp³-hybridized carbons (Fsp3) is 0.393. The first kappa shape index (κ1) is 26.6. The number of aromatic nitrogens is 4. The van der Waals surface area contributed by atoms with E-state index in [1.54, 1.807) is 44.7 Å². The summed E-state index contributed by atoms with van der Waals surface area (Å²) in [7, 11) is -3.51. The molecular formula is C28H29F2N7O2S. The summed E-state index contributed by atoms with van der Waals surface area (Å²) in [5.41, 5.74) is 2.72. The van der Waals surface area contributed by atoms with Gasteiger partial charge in [0.05, 0.1) is 45.2 Å². The number of nitrogens with zero attached hydrogens (tertiary/aromatic N) is 5. The molecule has 0 saturated heterocycles. The van der Waals surface area contributed by atoms with E-state index in [-0.39, 0.29) is 22.6 Å². The van der Waals surface area contributed by atoms with Crippen LogP contribution in [-0.4, -0.2) is 46.3 Å². The van der Waals surface area contributed by atoms with Crippen LogP contribution in [0.2, 0.25) is 0 Å². The number of nitrogens with one attached hydrogen (secondary N) is 2. The van der Waals surface area contributed by atoms with Crippen LogP contribution in [0.25, 0.3) is 16.8 Å². The second kappa shape index (κ2) is 9.20. The summed E-state index contributed by atoms with van der Waals surface area (Å²) in [6.07, 6.45) is 7.42. The van der Waals surface area contributed by atoms with Crippen LogP contribution in [0.1, 0.15) is 69.1 Å². The van der Waals surface area contributed by atoms with Crippen LogP contribution in [0.5, 0.6) is 0 Å². The minimum Gasteiger partial charge on any atom is -0.356 e. The standard InChI is InChI=1S/C28H29F2N7O2S/c1-15(2)40(38,39)37-26-32-11-16(12-33-26)22-13-31-14-23(34-22)28-9-8-18(27(28,3)4)17-10-21(35-36-25(17)28)24-19(29)6-5-7-20(24)30/h5-7,10-15,18,26,32,37H,8-9H2,1-4H3/t18-,26?,28-/m0/s1. The van der Waals surface area contributed by atoms with Crippen molar-refractivity contribution in [3.63, 3.8) is 0 Å². The molecule has 3 heterocycles. The number of fused-ring (bicyclic) bond motifs is 5. The van der Waals surface area contributed by atoms with Crippen molar-refractivity contribution in [2.24, 2.45) is 10.4 Å². The second-order valence-corrected chi connectivity index (χ2v) is 13.6. The maximum absolute atomic E-state index is 14.5. The molecule has 1 aromatic carbocycles. The molecule has 2 aliphatic carbocycles. The number of aliphatic imine (C=N–C) groups is 1. The predicted molar refractivity (Wildman–Crippen MR) is 147 cm³/mol. The Balaban J connectivity index is 1.36. The monoisotopic (exact) mass is 565 g/mol. The second-order valence-electron chi connectivity index (χ2n) is 11.3. The predicted octanol–water partition coefficient (Wildman–Crippen LogP) is 4.04. The van der Waals surface area contributed by atoms with Gasteiger partial charge in [-0.15, -0.1) is 5.10 Å². The van der Waals surface area contributed by atoms with Crippen LogP contribution in [0.3, 0.4) is 0 Å². The summed E-state index contributed by atoms with van der Waals surface area (Å²) in [5, 5.41) is 11.2. The van der Waals surface area contributed by atoms with Gasteiger partial charge in [0, 0.05) is 24.2 Å². The van der Waals surface area contributed by atoms with Crippen molar-refractivity contribution in [3.8, 4) is 11.3 Å². The average Bonchev–Trinajstić information content (AvgIpc) is 3.30. The fourth-order valence-electron chi connectivity index (χ4n) is 6.37. The zero-order chi connectivity index (χ0) is 28.4. The molecule has 0 amide bonds. The highest BCUT2D eigenvalue weighted by atomic mass is 32.2. The Labute approximate surface area is 231 Å². The molecule has 9 nitrogen and oxygen atoms in total. The Morgan fingerprint density at radius 3 is 2.52 bits per heavy atom. The lowest BCUT2D eigenvalue weighted by molar-refractivity contribution is 0.242. The number of allylic oxidation sites excluding steroid dienone is 1. The Kier molecular flexibility index (Phi) is 6.11. The van der Waals surface area contributed by atoms with Crippen LogP contribution in [-0.2, 0) is 15.4 Å². The molecule has 208 valence electrons. The summed E-state index contributed by atoms with van der Waals surface area (Å²) in [6.45, 7) is 7.52. The number of sulfonamides is 1. The number of benzene rings is 1. The average molecular weight is 566 g/mol. The highest BCUT2D eigenvalue weighted by Crippen LogP contribution is 2.69. The Hall–Kier alpha value is -3.64. The number of hydrogen-bond acceptors (Lipinski definition) is 8. The van der Waals surface area contributed by atoms with Crippen molar-refractivity contribution in [1.29, 1.82) is 0 Å². The van der Waals surface area contributed by atoms with Crippen LogP contribution < -0.4 is 10.0 Å². The van der Waals surface area contributed by atoms with E-state index in [0.717, 1.165) is 29.8 Å². The molecule has 1 saturated carbocycles. The molecule has 1 unspecified atom stereocenters. The lowest BCUT2D eigenvalue weighted by atomic mass is 9.66. The van der Waals surface area contributed by atoms with E-state index >= 15 is 0 Å². The Morgan fingerprint density at radius 1 is 1.10 bits per heavy atom. The van der Waals surface area contributed by atoms with Crippen molar-refractivity contribution in [2.75, 3.05) is 0 Å². The van der Waals surface area contributed by atoms with Crippen LogP contribution in [0.4, 0.5) is 8.78 Å². The fourth-order valence-corrected chi connectivity index (χ4v) is 7.08. The highest BCUT2D eigenvalue weighted by molar-refractivity contribution is 7.90. The molecule has 0 radical (unpaired) electrons. The van der Waals surface area contributed by atoms with E-state index in [1.807, 2.05) is 0 Å². The zero-order valence-electron chi connectivity index (χ0n) is 22.5. The van der Waals surface area contributed by atoms with Crippen molar-refractivity contribution in [3.05, 3.63) is 77.1 Å². The summed E-state index contributed by atoms with van der Waals surface area (Å²) in [6, 6.07) is 5.52. The SMILES string of the molecule is CC(C)S(=O)(=O)NC1N=CC(c2cncc([C@@]34CC[C@@H](c5cc(-c6c(F)cccc6F)nnc53)C4(C)C)n2)=CN1. The van der Waals surface area contributed by atoms with Gasteiger partial charge in [0.1, 0.15) is 11.6 Å². The van der Waals surface area contributed by atoms with Crippen molar-refractivity contribution >= 4 is 21.8 Å². The first-order valence-corrected chi connectivity index (χ1v) is 14.7. The van der Waals surface area contributed by atoms with E-state index in [2.05, 4.69) is 44.1 Å². The third-order valence-corrected chi connectivity index (χ3v) is 10.4. The van der Waals surface area contributed by atoms with E-state index < -0.39 is 38.6 Å². The van der Waals surface area contributed by atoms with E-state index in [4.69, 9.17) is 4.98 Å². The maximum atomic E-state index is 14.5. The smallest absolute Gasteiger partial charge is 0.217 e. The highest BCUT2D eigenvalue weighted by Gasteiger charge is 2.65. The van der Waals surface area contributed by atoms with E-state index in [9.17, 15) is 17.2 Å². The molecule has 2 aromatic heterocycles. The van der Waals surface area contributed by atoms with E-state index in [0.29, 0.717) is 11.3 Å². The van der Waals surface area contributed by atoms with Gasteiger partial charge < -0.3 is 5.32 Å². The zero-order valence-corrected chi connectivity index (χ0v) is 23.3. The summed E-state index contributed by atoms with van der Waals surface area (Å²) in [4.78, 5) is 13.8. The number of halogens is 2. The van der Waals surface area contributed by atoms with Gasteiger partial charge in [-0.1, -0.05) is 19.9 Å². The number of hydrogen-bond donors (Lipinski definition) is 2. The molecule has 0 spiro atoms. The van der Waals surface area contributed by atoms with Gasteiger partial charge in [0.25, 0.3) is 0 Å². The van der Waals surface area contributed by atoms with Crippen LogP contribution in [0.15, 0.2) is 47.9 Å².